The number of likely N-dealkylation sites (N-methyl/N-ethyl adjacent to an activating group) is 1. The number of aliphatic hydroxyl groups is 1. The highest BCUT2D eigenvalue weighted by atomic mass is 16.3. The van der Waals surface area contributed by atoms with Crippen LogP contribution in [0.25, 0.3) is 0 Å². The predicted molar refractivity (Wildman–Crippen MR) is 58.3 cm³/mol. The molecule has 0 spiro atoms. The van der Waals surface area contributed by atoms with E-state index in [-0.39, 0.29) is 5.78 Å². The number of ketones is 1. The highest BCUT2D eigenvalue weighted by Gasteiger charge is 2.16. The van der Waals surface area contributed by atoms with Crippen molar-refractivity contribution in [1.82, 2.24) is 4.90 Å². The van der Waals surface area contributed by atoms with Crippen molar-refractivity contribution in [2.24, 2.45) is 0 Å². The molecular formula is C11H23NO2. The highest BCUT2D eigenvalue weighted by molar-refractivity contribution is 5.75. The summed E-state index contributed by atoms with van der Waals surface area (Å²) in [7, 11) is 0. The fraction of sp³-hybridized carbons (Fsp3) is 0.909. The van der Waals surface area contributed by atoms with Gasteiger partial charge in [-0.15, -0.1) is 0 Å². The molecule has 0 aliphatic rings. The van der Waals surface area contributed by atoms with Gasteiger partial charge in [0.2, 0.25) is 0 Å². The van der Waals surface area contributed by atoms with E-state index in [1.54, 1.807) is 20.8 Å². The molecule has 14 heavy (non-hydrogen) atoms. The van der Waals surface area contributed by atoms with E-state index < -0.39 is 5.60 Å². The molecule has 0 bridgehead atoms. The van der Waals surface area contributed by atoms with E-state index in [1.165, 1.54) is 0 Å². The van der Waals surface area contributed by atoms with Gasteiger partial charge in [0.15, 0.2) is 0 Å². The maximum atomic E-state index is 10.7. The summed E-state index contributed by atoms with van der Waals surface area (Å²) in [6.45, 7) is 9.77. The molecule has 0 saturated heterocycles. The van der Waals surface area contributed by atoms with Crippen LogP contribution in [0.2, 0.25) is 0 Å². The standard InChI is InChI=1S/C11H23NO2/c1-5-12(9-11(3,4)14)8-6-7-10(2)13/h14H,5-9H2,1-4H3. The normalized spacial score (nSPS) is 12.1. The van der Waals surface area contributed by atoms with Crippen molar-refractivity contribution in [3.05, 3.63) is 0 Å². The maximum Gasteiger partial charge on any atom is 0.129 e. The molecule has 0 atom stereocenters. The summed E-state index contributed by atoms with van der Waals surface area (Å²) >= 11 is 0. The third-order valence-electron chi connectivity index (χ3n) is 2.06. The highest BCUT2D eigenvalue weighted by Crippen LogP contribution is 2.05. The number of hydrogen-bond donors (Lipinski definition) is 1. The lowest BCUT2D eigenvalue weighted by molar-refractivity contribution is -0.117. The minimum absolute atomic E-state index is 0.240. The van der Waals surface area contributed by atoms with Crippen LogP contribution in [-0.4, -0.2) is 41.0 Å². The zero-order valence-electron chi connectivity index (χ0n) is 9.84. The zero-order chi connectivity index (χ0) is 11.2. The Morgan fingerprint density at radius 1 is 1.43 bits per heavy atom. The summed E-state index contributed by atoms with van der Waals surface area (Å²) < 4.78 is 0. The minimum atomic E-state index is -0.647. The average molecular weight is 201 g/mol. The Bertz CT molecular complexity index is 173. The van der Waals surface area contributed by atoms with Crippen LogP contribution in [0.1, 0.15) is 40.5 Å². The molecule has 3 heteroatoms. The largest absolute Gasteiger partial charge is 0.389 e. The summed E-state index contributed by atoms with van der Waals surface area (Å²) in [4.78, 5) is 12.9. The lowest BCUT2D eigenvalue weighted by atomic mass is 10.1. The van der Waals surface area contributed by atoms with Crippen molar-refractivity contribution in [2.75, 3.05) is 19.6 Å². The van der Waals surface area contributed by atoms with E-state index >= 15 is 0 Å². The van der Waals surface area contributed by atoms with Gasteiger partial charge < -0.3 is 14.8 Å². The van der Waals surface area contributed by atoms with Crippen molar-refractivity contribution in [1.29, 1.82) is 0 Å². The van der Waals surface area contributed by atoms with Gasteiger partial charge in [-0.25, -0.2) is 0 Å². The van der Waals surface area contributed by atoms with E-state index in [4.69, 9.17) is 0 Å². The van der Waals surface area contributed by atoms with Crippen LogP contribution in [0.3, 0.4) is 0 Å². The summed E-state index contributed by atoms with van der Waals surface area (Å²) in [5, 5.41) is 9.62. The summed E-state index contributed by atoms with van der Waals surface area (Å²) in [6, 6.07) is 0. The van der Waals surface area contributed by atoms with Crippen LogP contribution in [0, 0.1) is 0 Å². The molecule has 0 aliphatic heterocycles. The van der Waals surface area contributed by atoms with E-state index in [0.29, 0.717) is 13.0 Å². The lowest BCUT2D eigenvalue weighted by Crippen LogP contribution is -2.39. The van der Waals surface area contributed by atoms with Crippen molar-refractivity contribution >= 4 is 5.78 Å². The molecule has 3 nitrogen and oxygen atoms in total. The molecule has 0 fully saturated rings. The molecule has 0 aliphatic carbocycles. The smallest absolute Gasteiger partial charge is 0.129 e. The molecule has 1 N–H and O–H groups in total. The minimum Gasteiger partial charge on any atom is -0.389 e. The molecule has 0 radical (unpaired) electrons. The fourth-order valence-corrected chi connectivity index (χ4v) is 1.45. The number of nitrogens with zero attached hydrogens (tertiary/aromatic N) is 1. The Balaban J connectivity index is 3.74. The van der Waals surface area contributed by atoms with Crippen molar-refractivity contribution < 1.29 is 9.90 Å². The lowest BCUT2D eigenvalue weighted by Gasteiger charge is -2.27. The molecule has 84 valence electrons. The Labute approximate surface area is 87.1 Å². The summed E-state index contributed by atoms with van der Waals surface area (Å²) in [6.07, 6.45) is 1.53. The Morgan fingerprint density at radius 2 is 2.00 bits per heavy atom. The van der Waals surface area contributed by atoms with Crippen molar-refractivity contribution in [3.63, 3.8) is 0 Å². The Morgan fingerprint density at radius 3 is 2.36 bits per heavy atom. The van der Waals surface area contributed by atoms with E-state index in [1.807, 2.05) is 0 Å². The first kappa shape index (κ1) is 13.6. The predicted octanol–water partition coefficient (Wildman–Crippen LogP) is 1.45. The third-order valence-corrected chi connectivity index (χ3v) is 2.06. The molecule has 0 heterocycles. The number of rotatable bonds is 7. The number of hydrogen-bond acceptors (Lipinski definition) is 3. The summed E-state index contributed by atoms with van der Waals surface area (Å²) in [5.41, 5.74) is -0.647. The van der Waals surface area contributed by atoms with Crippen LogP contribution >= 0.6 is 0 Å². The topological polar surface area (TPSA) is 40.5 Å². The van der Waals surface area contributed by atoms with Gasteiger partial charge >= 0.3 is 0 Å². The van der Waals surface area contributed by atoms with Crippen LogP contribution < -0.4 is 0 Å². The van der Waals surface area contributed by atoms with Gasteiger partial charge in [-0.2, -0.15) is 0 Å². The molecule has 0 rings (SSSR count). The van der Waals surface area contributed by atoms with E-state index in [0.717, 1.165) is 19.5 Å². The molecule has 0 unspecified atom stereocenters. The Hall–Kier alpha value is -0.410. The second-order valence-corrected chi connectivity index (χ2v) is 4.49. The molecule has 0 amide bonds. The van der Waals surface area contributed by atoms with Gasteiger partial charge in [0, 0.05) is 13.0 Å². The van der Waals surface area contributed by atoms with E-state index in [2.05, 4.69) is 11.8 Å². The van der Waals surface area contributed by atoms with Gasteiger partial charge in [-0.05, 0) is 40.3 Å². The molecule has 0 aromatic carbocycles. The number of carbonyl (C=O) groups is 1. The second-order valence-electron chi connectivity index (χ2n) is 4.49. The molecule has 0 aromatic rings. The van der Waals surface area contributed by atoms with Crippen LogP contribution in [-0.2, 0) is 4.79 Å². The van der Waals surface area contributed by atoms with Crippen molar-refractivity contribution in [2.45, 2.75) is 46.1 Å². The van der Waals surface area contributed by atoms with Crippen LogP contribution in [0.5, 0.6) is 0 Å². The Kier molecular flexibility index (Phi) is 5.96. The van der Waals surface area contributed by atoms with Crippen LogP contribution in [0.15, 0.2) is 0 Å². The molecule has 0 saturated carbocycles. The number of Topliss-reactive ketones (excluding diaryl/α,β-unsaturated/α-hetero) is 1. The van der Waals surface area contributed by atoms with Gasteiger partial charge in [0.25, 0.3) is 0 Å². The summed E-state index contributed by atoms with van der Waals surface area (Å²) in [5.74, 6) is 0.240. The first-order chi connectivity index (χ1) is 6.35. The second kappa shape index (κ2) is 6.14. The first-order valence-electron chi connectivity index (χ1n) is 5.29. The van der Waals surface area contributed by atoms with Gasteiger partial charge in [-0.1, -0.05) is 6.92 Å². The third kappa shape index (κ3) is 8.20. The quantitative estimate of drug-likeness (QED) is 0.677. The fourth-order valence-electron chi connectivity index (χ4n) is 1.45. The van der Waals surface area contributed by atoms with Gasteiger partial charge in [-0.3, -0.25) is 0 Å². The average Bonchev–Trinajstić information content (AvgIpc) is 1.99. The molecule has 0 aromatic heterocycles. The van der Waals surface area contributed by atoms with Gasteiger partial charge in [0.05, 0.1) is 5.60 Å². The van der Waals surface area contributed by atoms with Crippen LogP contribution in [0.4, 0.5) is 0 Å². The monoisotopic (exact) mass is 201 g/mol. The SMILES string of the molecule is CCN(CCCC(C)=O)CC(C)(C)O. The molecular weight excluding hydrogens is 178 g/mol. The number of carbonyl (C=O) groups excluding carboxylic acids is 1. The van der Waals surface area contributed by atoms with E-state index in [9.17, 15) is 9.90 Å². The van der Waals surface area contributed by atoms with Gasteiger partial charge in [0.1, 0.15) is 5.78 Å². The van der Waals surface area contributed by atoms with Crippen molar-refractivity contribution in [3.8, 4) is 0 Å². The maximum absolute atomic E-state index is 10.7. The zero-order valence-corrected chi connectivity index (χ0v) is 9.84. The first-order valence-corrected chi connectivity index (χ1v) is 5.29.